The number of aliphatic hydroxyl groups is 1. The zero-order chi connectivity index (χ0) is 29.1. The molecule has 0 saturated carbocycles. The van der Waals surface area contributed by atoms with Crippen LogP contribution in [0, 0.1) is 0 Å². The van der Waals surface area contributed by atoms with E-state index < -0.39 is 5.54 Å². The van der Waals surface area contributed by atoms with Gasteiger partial charge >= 0.3 is 0 Å². The fraction of sp³-hybridized carbons (Fsp3) is 0.438. The van der Waals surface area contributed by atoms with Crippen molar-refractivity contribution in [3.8, 4) is 0 Å². The molecule has 3 atom stereocenters. The smallest absolute Gasteiger partial charge is 0.253 e. The Morgan fingerprint density at radius 1 is 1.10 bits per heavy atom. The number of hydrogen-bond donors (Lipinski definition) is 4. The topological polar surface area (TPSA) is 124 Å². The number of carbonyl (C=O) groups is 1. The van der Waals surface area contributed by atoms with Crippen molar-refractivity contribution in [1.29, 1.82) is 0 Å². The van der Waals surface area contributed by atoms with E-state index in [1.54, 1.807) is 18.3 Å². The Labute approximate surface area is 245 Å². The number of hydrogen-bond acceptors (Lipinski definition) is 9. The molecule has 4 aliphatic heterocycles. The highest BCUT2D eigenvalue weighted by Crippen LogP contribution is 2.44. The van der Waals surface area contributed by atoms with Crippen LogP contribution in [0.15, 0.2) is 59.7 Å². The highest BCUT2D eigenvalue weighted by Gasteiger charge is 2.50. The van der Waals surface area contributed by atoms with Gasteiger partial charge in [-0.15, -0.1) is 0 Å². The molecular formula is C32H37N7O3. The fourth-order valence-electron chi connectivity index (χ4n) is 7.02. The van der Waals surface area contributed by atoms with E-state index in [9.17, 15) is 9.90 Å². The molecule has 2 saturated heterocycles. The quantitative estimate of drug-likeness (QED) is 0.336. The Bertz CT molecular complexity index is 1540. The molecule has 4 aliphatic rings. The van der Waals surface area contributed by atoms with Crippen LogP contribution < -0.4 is 16.0 Å². The number of anilines is 3. The van der Waals surface area contributed by atoms with Crippen LogP contribution in [0.25, 0.3) is 0 Å². The van der Waals surface area contributed by atoms with Crippen molar-refractivity contribution in [1.82, 2.24) is 20.2 Å². The Kier molecular flexibility index (Phi) is 6.43. The number of pyridine rings is 2. The Morgan fingerprint density at radius 2 is 1.86 bits per heavy atom. The first-order valence-electron chi connectivity index (χ1n) is 14.7. The molecule has 42 heavy (non-hydrogen) atoms. The lowest BCUT2D eigenvalue weighted by Gasteiger charge is -2.40. The van der Waals surface area contributed by atoms with Gasteiger partial charge in [0.1, 0.15) is 23.8 Å². The number of piperidine rings is 1. The molecule has 0 aliphatic carbocycles. The number of aromatic nitrogens is 2. The molecule has 2 fully saturated rings. The van der Waals surface area contributed by atoms with Crippen molar-refractivity contribution in [2.75, 3.05) is 30.9 Å². The summed E-state index contributed by atoms with van der Waals surface area (Å²) in [5.41, 5.74) is 3.00. The van der Waals surface area contributed by atoms with Crippen LogP contribution >= 0.6 is 0 Å². The average Bonchev–Trinajstić information content (AvgIpc) is 3.55. The summed E-state index contributed by atoms with van der Waals surface area (Å²) in [7, 11) is 2.23. The van der Waals surface area contributed by atoms with Gasteiger partial charge < -0.3 is 30.7 Å². The third-order valence-corrected chi connectivity index (χ3v) is 9.30. The largest absolute Gasteiger partial charge is 0.475 e. The van der Waals surface area contributed by atoms with Crippen LogP contribution in [-0.4, -0.2) is 69.7 Å². The minimum atomic E-state index is -0.556. The maximum Gasteiger partial charge on any atom is 0.253 e. The second-order valence-corrected chi connectivity index (χ2v) is 12.6. The third-order valence-electron chi connectivity index (χ3n) is 9.30. The SMILES string of the molecule is CN1C2CCC1CC1(COC(c3cnc(Nc4ccc5c(n4)C(C)(C)NC5=O)cc3N[C@H](CO)c3ccccc3)=N1)C2. The summed E-state index contributed by atoms with van der Waals surface area (Å²) >= 11 is 0. The Morgan fingerprint density at radius 3 is 2.60 bits per heavy atom. The van der Waals surface area contributed by atoms with Crippen molar-refractivity contribution in [3.63, 3.8) is 0 Å². The molecule has 1 spiro atoms. The second kappa shape index (κ2) is 10.1. The number of amides is 1. The number of benzene rings is 1. The summed E-state index contributed by atoms with van der Waals surface area (Å²) in [6, 6.07) is 16.1. The molecule has 1 amide bonds. The van der Waals surface area contributed by atoms with Gasteiger partial charge in [-0.2, -0.15) is 0 Å². The van der Waals surface area contributed by atoms with Gasteiger partial charge in [-0.3, -0.25) is 4.79 Å². The van der Waals surface area contributed by atoms with Gasteiger partial charge in [0.25, 0.3) is 5.91 Å². The van der Waals surface area contributed by atoms with E-state index in [-0.39, 0.29) is 24.1 Å². The summed E-state index contributed by atoms with van der Waals surface area (Å²) in [6.45, 7) is 4.36. The number of nitrogens with one attached hydrogen (secondary N) is 3. The highest BCUT2D eigenvalue weighted by molar-refractivity contribution is 6.01. The molecular weight excluding hydrogens is 530 g/mol. The van der Waals surface area contributed by atoms with E-state index in [4.69, 9.17) is 19.7 Å². The van der Waals surface area contributed by atoms with Gasteiger partial charge in [0.2, 0.25) is 5.90 Å². The van der Waals surface area contributed by atoms with Crippen molar-refractivity contribution >= 4 is 29.1 Å². The van der Waals surface area contributed by atoms with Gasteiger partial charge in [0.05, 0.1) is 40.7 Å². The normalized spacial score (nSPS) is 26.4. The minimum Gasteiger partial charge on any atom is -0.475 e. The molecule has 2 unspecified atom stereocenters. The molecule has 4 N–H and O–H groups in total. The first-order valence-corrected chi connectivity index (χ1v) is 14.7. The standard InChI is InChI=1S/C32H37N7O3/c1-31(2)28-22(29(41)37-31)11-12-26(36-28)35-27-13-24(34-25(17-40)19-7-5-4-6-8-19)23(16-33-27)30-38-32(18-42-30)14-20-9-10-21(15-32)39(20)3/h4-8,11-13,16,20-21,25,40H,9-10,14-15,17-18H2,1-3H3,(H,37,41)(H2,33,34,35,36)/t20?,21?,25-,32?/m1/s1. The number of nitrogens with zero attached hydrogens (tertiary/aromatic N) is 4. The van der Waals surface area contributed by atoms with Crippen LogP contribution in [0.3, 0.4) is 0 Å². The van der Waals surface area contributed by atoms with Gasteiger partial charge in [-0.1, -0.05) is 30.3 Å². The van der Waals surface area contributed by atoms with Crippen molar-refractivity contribution in [2.24, 2.45) is 4.99 Å². The van der Waals surface area contributed by atoms with Crippen LogP contribution in [-0.2, 0) is 10.3 Å². The van der Waals surface area contributed by atoms with Crippen LogP contribution in [0.4, 0.5) is 17.3 Å². The lowest BCUT2D eigenvalue weighted by atomic mass is 9.84. The highest BCUT2D eigenvalue weighted by atomic mass is 16.5. The van der Waals surface area contributed by atoms with E-state index in [1.807, 2.05) is 50.2 Å². The van der Waals surface area contributed by atoms with Gasteiger partial charge in [-0.25, -0.2) is 15.0 Å². The van der Waals surface area contributed by atoms with E-state index in [1.165, 1.54) is 12.8 Å². The fourth-order valence-corrected chi connectivity index (χ4v) is 7.02. The maximum absolute atomic E-state index is 12.3. The van der Waals surface area contributed by atoms with Crippen LogP contribution in [0.1, 0.15) is 72.8 Å². The monoisotopic (exact) mass is 567 g/mol. The predicted molar refractivity (Wildman–Crippen MR) is 161 cm³/mol. The third kappa shape index (κ3) is 4.68. The number of aliphatic hydroxyl groups excluding tert-OH is 1. The number of carbonyl (C=O) groups excluding carboxylic acids is 1. The molecule has 2 bridgehead atoms. The summed E-state index contributed by atoms with van der Waals surface area (Å²) in [6.07, 6.45) is 6.21. The number of rotatable bonds is 7. The molecule has 10 nitrogen and oxygen atoms in total. The number of fused-ring (bicyclic) bond motifs is 3. The summed E-state index contributed by atoms with van der Waals surface area (Å²) in [5, 5.41) is 20.2. The van der Waals surface area contributed by atoms with E-state index in [0.717, 1.165) is 29.7 Å². The van der Waals surface area contributed by atoms with Crippen LogP contribution in [0.2, 0.25) is 0 Å². The van der Waals surface area contributed by atoms with Crippen molar-refractivity contribution in [2.45, 2.75) is 68.7 Å². The molecule has 0 radical (unpaired) electrons. The maximum atomic E-state index is 12.3. The molecule has 1 aromatic carbocycles. The first-order chi connectivity index (χ1) is 20.2. The van der Waals surface area contributed by atoms with E-state index >= 15 is 0 Å². The van der Waals surface area contributed by atoms with E-state index in [2.05, 4.69) is 27.9 Å². The lowest BCUT2D eigenvalue weighted by molar-refractivity contribution is 0.0940. The van der Waals surface area contributed by atoms with Crippen molar-refractivity contribution in [3.05, 3.63) is 77.1 Å². The molecule has 6 heterocycles. The zero-order valence-electron chi connectivity index (χ0n) is 24.2. The molecule has 7 rings (SSSR count). The van der Waals surface area contributed by atoms with Gasteiger partial charge in [-0.05, 0) is 64.3 Å². The molecule has 2 aromatic heterocycles. The van der Waals surface area contributed by atoms with Gasteiger partial charge in [0, 0.05) is 24.3 Å². The van der Waals surface area contributed by atoms with E-state index in [0.29, 0.717) is 47.5 Å². The molecule has 10 heteroatoms. The van der Waals surface area contributed by atoms with Crippen molar-refractivity contribution < 1.29 is 14.6 Å². The summed E-state index contributed by atoms with van der Waals surface area (Å²) in [5.74, 6) is 1.62. The second-order valence-electron chi connectivity index (χ2n) is 12.6. The molecule has 3 aromatic rings. The number of ether oxygens (including phenoxy) is 1. The molecule has 218 valence electrons. The first kappa shape index (κ1) is 26.9. The predicted octanol–water partition coefficient (Wildman–Crippen LogP) is 4.12. The minimum absolute atomic E-state index is 0.0933. The van der Waals surface area contributed by atoms with Gasteiger partial charge in [0.15, 0.2) is 0 Å². The Balaban J connectivity index is 1.22. The summed E-state index contributed by atoms with van der Waals surface area (Å²) < 4.78 is 6.31. The van der Waals surface area contributed by atoms with Crippen LogP contribution in [0.5, 0.6) is 0 Å². The lowest BCUT2D eigenvalue weighted by Crippen LogP contribution is -2.49. The average molecular weight is 568 g/mol. The number of aliphatic imine (C=N–C) groups is 1. The summed E-state index contributed by atoms with van der Waals surface area (Å²) in [4.78, 5) is 29.5. The zero-order valence-corrected chi connectivity index (χ0v) is 24.2. The Hall–Kier alpha value is -4.02.